The molecule has 0 radical (unpaired) electrons. The second kappa shape index (κ2) is 6.47. The Morgan fingerprint density at radius 3 is 2.80 bits per heavy atom. The molecule has 1 aromatic rings. The molecule has 2 N–H and O–H groups in total. The first-order valence-electron chi connectivity index (χ1n) is 6.03. The molecule has 0 aliphatic heterocycles. The third-order valence-corrected chi connectivity index (χ3v) is 2.90. The van der Waals surface area contributed by atoms with E-state index in [0.717, 1.165) is 0 Å². The van der Waals surface area contributed by atoms with Gasteiger partial charge in [-0.15, -0.1) is 0 Å². The fourth-order valence-electron chi connectivity index (χ4n) is 1.55. The highest BCUT2D eigenvalue weighted by Crippen LogP contribution is 2.16. The van der Waals surface area contributed by atoms with Crippen molar-refractivity contribution in [3.05, 3.63) is 28.3 Å². The first-order valence-corrected chi connectivity index (χ1v) is 6.03. The number of hydrogen-bond donors (Lipinski definition) is 1. The molecule has 112 valence electrons. The number of nitrogens with two attached hydrogens (primary N) is 1. The van der Waals surface area contributed by atoms with Crippen molar-refractivity contribution >= 4 is 5.97 Å². The maximum Gasteiger partial charge on any atom is 0.441 e. The summed E-state index contributed by atoms with van der Waals surface area (Å²) in [5.41, 5.74) is 4.46. The zero-order valence-electron chi connectivity index (χ0n) is 11.7. The summed E-state index contributed by atoms with van der Waals surface area (Å²) in [6.45, 7) is 3.06. The SMILES string of the molecule is COC(=O)C(C)(N)CC/C(F)=C/Cn1c(C)noc1=O. The Kier molecular flexibility index (Phi) is 5.20. The molecule has 0 aliphatic carbocycles. The quantitative estimate of drug-likeness (QED) is 0.772. The van der Waals surface area contributed by atoms with Gasteiger partial charge in [-0.25, -0.2) is 9.18 Å². The third-order valence-electron chi connectivity index (χ3n) is 2.90. The van der Waals surface area contributed by atoms with Crippen molar-refractivity contribution in [2.45, 2.75) is 38.8 Å². The number of allylic oxidation sites excluding steroid dienone is 2. The van der Waals surface area contributed by atoms with Gasteiger partial charge in [-0.05, 0) is 26.3 Å². The number of rotatable bonds is 6. The topological polar surface area (TPSA) is 100 Å². The van der Waals surface area contributed by atoms with Crippen LogP contribution in [0.2, 0.25) is 0 Å². The molecule has 0 saturated carbocycles. The van der Waals surface area contributed by atoms with E-state index in [1.54, 1.807) is 6.92 Å². The summed E-state index contributed by atoms with van der Waals surface area (Å²) in [5, 5.41) is 3.46. The van der Waals surface area contributed by atoms with E-state index in [1.807, 2.05) is 0 Å². The summed E-state index contributed by atoms with van der Waals surface area (Å²) >= 11 is 0. The molecule has 7 nitrogen and oxygen atoms in total. The van der Waals surface area contributed by atoms with Crippen LogP contribution in [0.4, 0.5) is 4.39 Å². The minimum Gasteiger partial charge on any atom is -0.468 e. The van der Waals surface area contributed by atoms with Crippen molar-refractivity contribution in [1.82, 2.24) is 9.72 Å². The van der Waals surface area contributed by atoms with Crippen molar-refractivity contribution in [3.63, 3.8) is 0 Å². The molecular weight excluding hydrogens is 269 g/mol. The van der Waals surface area contributed by atoms with Crippen LogP contribution in [0.15, 0.2) is 21.2 Å². The van der Waals surface area contributed by atoms with Crippen LogP contribution in [0.3, 0.4) is 0 Å². The van der Waals surface area contributed by atoms with E-state index in [-0.39, 0.29) is 19.4 Å². The van der Waals surface area contributed by atoms with Crippen molar-refractivity contribution in [3.8, 4) is 0 Å². The molecule has 0 bridgehead atoms. The zero-order chi connectivity index (χ0) is 15.3. The second-order valence-corrected chi connectivity index (χ2v) is 4.67. The fraction of sp³-hybridized carbons (Fsp3) is 0.583. The number of carbonyl (C=O) groups is 1. The molecule has 1 heterocycles. The molecule has 1 rings (SSSR count). The molecule has 0 saturated heterocycles. The number of carbonyl (C=O) groups excluding carboxylic acids is 1. The van der Waals surface area contributed by atoms with Gasteiger partial charge in [-0.3, -0.25) is 13.9 Å². The number of nitrogens with zero attached hydrogens (tertiary/aromatic N) is 2. The Bertz CT molecular complexity index is 559. The number of ether oxygens (including phenoxy) is 1. The van der Waals surface area contributed by atoms with E-state index in [0.29, 0.717) is 5.82 Å². The predicted octanol–water partition coefficient (Wildman–Crippen LogP) is 0.669. The van der Waals surface area contributed by atoms with Gasteiger partial charge in [0.2, 0.25) is 0 Å². The van der Waals surface area contributed by atoms with Gasteiger partial charge in [0.15, 0.2) is 5.82 Å². The Labute approximate surface area is 115 Å². The van der Waals surface area contributed by atoms with Crippen LogP contribution in [0.25, 0.3) is 0 Å². The van der Waals surface area contributed by atoms with Crippen LogP contribution in [0.5, 0.6) is 0 Å². The van der Waals surface area contributed by atoms with E-state index in [9.17, 15) is 14.0 Å². The number of aromatic nitrogens is 2. The molecule has 1 atom stereocenters. The number of hydrogen-bond acceptors (Lipinski definition) is 6. The molecule has 0 fully saturated rings. The number of esters is 1. The van der Waals surface area contributed by atoms with Gasteiger partial charge in [0.1, 0.15) is 5.54 Å². The molecule has 0 amide bonds. The third kappa shape index (κ3) is 4.02. The largest absolute Gasteiger partial charge is 0.468 e. The van der Waals surface area contributed by atoms with Crippen LogP contribution in [0, 0.1) is 6.92 Å². The van der Waals surface area contributed by atoms with Gasteiger partial charge in [0.05, 0.1) is 19.5 Å². The summed E-state index contributed by atoms with van der Waals surface area (Å²) in [6, 6.07) is 0. The second-order valence-electron chi connectivity index (χ2n) is 4.67. The Morgan fingerprint density at radius 1 is 1.65 bits per heavy atom. The standard InChI is InChI=1S/C12H18FN3O4/c1-8-15-20-11(18)16(8)7-5-9(13)4-6-12(2,14)10(17)19-3/h5H,4,6-7,14H2,1-3H3/b9-5-. The van der Waals surface area contributed by atoms with Crippen molar-refractivity contribution in [2.24, 2.45) is 5.73 Å². The molecule has 0 spiro atoms. The lowest BCUT2D eigenvalue weighted by molar-refractivity contribution is -0.146. The lowest BCUT2D eigenvalue weighted by Crippen LogP contribution is -2.45. The van der Waals surface area contributed by atoms with Crippen LogP contribution in [-0.2, 0) is 16.1 Å². The lowest BCUT2D eigenvalue weighted by Gasteiger charge is -2.20. The molecular formula is C12H18FN3O4. The fourth-order valence-corrected chi connectivity index (χ4v) is 1.55. The summed E-state index contributed by atoms with van der Waals surface area (Å²) in [4.78, 5) is 22.5. The maximum absolute atomic E-state index is 13.6. The molecule has 1 aromatic heterocycles. The van der Waals surface area contributed by atoms with Crippen molar-refractivity contribution in [2.75, 3.05) is 7.11 Å². The van der Waals surface area contributed by atoms with Crippen LogP contribution in [0.1, 0.15) is 25.6 Å². The average molecular weight is 287 g/mol. The van der Waals surface area contributed by atoms with Gasteiger partial charge < -0.3 is 10.5 Å². The van der Waals surface area contributed by atoms with E-state index in [2.05, 4.69) is 14.4 Å². The van der Waals surface area contributed by atoms with Gasteiger partial charge in [0.25, 0.3) is 0 Å². The van der Waals surface area contributed by atoms with Crippen molar-refractivity contribution in [1.29, 1.82) is 0 Å². The number of aryl methyl sites for hydroxylation is 1. The summed E-state index contributed by atoms with van der Waals surface area (Å²) < 4.78 is 23.8. The molecule has 1 unspecified atom stereocenters. The molecule has 20 heavy (non-hydrogen) atoms. The van der Waals surface area contributed by atoms with Crippen LogP contribution < -0.4 is 11.5 Å². The maximum atomic E-state index is 13.6. The Morgan fingerprint density at radius 2 is 2.30 bits per heavy atom. The number of halogens is 1. The predicted molar refractivity (Wildman–Crippen MR) is 68.5 cm³/mol. The zero-order valence-corrected chi connectivity index (χ0v) is 11.7. The average Bonchev–Trinajstić information content (AvgIpc) is 2.72. The summed E-state index contributed by atoms with van der Waals surface area (Å²) in [6.07, 6.45) is 1.29. The first kappa shape index (κ1) is 16.1. The van der Waals surface area contributed by atoms with Gasteiger partial charge >= 0.3 is 11.7 Å². The summed E-state index contributed by atoms with van der Waals surface area (Å²) in [5.74, 6) is -1.36. The first-order chi connectivity index (χ1) is 9.27. The highest BCUT2D eigenvalue weighted by molar-refractivity contribution is 5.79. The highest BCUT2D eigenvalue weighted by Gasteiger charge is 2.29. The monoisotopic (exact) mass is 287 g/mol. The van der Waals surface area contributed by atoms with E-state index < -0.39 is 23.1 Å². The van der Waals surface area contributed by atoms with Crippen LogP contribution in [-0.4, -0.2) is 28.3 Å². The van der Waals surface area contributed by atoms with E-state index in [1.165, 1.54) is 24.7 Å². The van der Waals surface area contributed by atoms with Gasteiger partial charge in [-0.2, -0.15) is 0 Å². The summed E-state index contributed by atoms with van der Waals surface area (Å²) in [7, 11) is 1.22. The van der Waals surface area contributed by atoms with Crippen LogP contribution >= 0.6 is 0 Å². The van der Waals surface area contributed by atoms with E-state index >= 15 is 0 Å². The molecule has 8 heteroatoms. The Balaban J connectivity index is 2.59. The molecule has 0 aromatic carbocycles. The van der Waals surface area contributed by atoms with Crippen molar-refractivity contribution < 1.29 is 18.4 Å². The normalized spacial score (nSPS) is 14.9. The van der Waals surface area contributed by atoms with E-state index in [4.69, 9.17) is 5.73 Å². The lowest BCUT2D eigenvalue weighted by atomic mass is 9.97. The number of methoxy groups -OCH3 is 1. The van der Waals surface area contributed by atoms with Gasteiger partial charge in [-0.1, -0.05) is 5.16 Å². The minimum absolute atomic E-state index is 0.0134. The Hall–Kier alpha value is -1.96. The van der Waals surface area contributed by atoms with Gasteiger partial charge in [0, 0.05) is 6.42 Å². The molecule has 0 aliphatic rings. The smallest absolute Gasteiger partial charge is 0.441 e. The highest BCUT2D eigenvalue weighted by atomic mass is 19.1. The minimum atomic E-state index is -1.25.